The summed E-state index contributed by atoms with van der Waals surface area (Å²) in [6, 6.07) is 5.07. The first-order valence-corrected chi connectivity index (χ1v) is 12.6. The lowest BCUT2D eigenvalue weighted by Gasteiger charge is -2.46. The predicted molar refractivity (Wildman–Crippen MR) is 130 cm³/mol. The van der Waals surface area contributed by atoms with Crippen molar-refractivity contribution >= 4 is 16.8 Å². The van der Waals surface area contributed by atoms with Crippen LogP contribution in [0.5, 0.6) is 5.75 Å². The Bertz CT molecular complexity index is 1180. The number of ether oxygens (including phenoxy) is 2. The highest BCUT2D eigenvalue weighted by Gasteiger charge is 2.47. The summed E-state index contributed by atoms with van der Waals surface area (Å²) in [4.78, 5) is 18.6. The Morgan fingerprint density at radius 2 is 1.95 bits per heavy atom. The third kappa shape index (κ3) is 4.34. The average Bonchev–Trinajstić information content (AvgIpc) is 3.28. The fourth-order valence-electron chi connectivity index (χ4n) is 6.05. The van der Waals surface area contributed by atoms with Gasteiger partial charge >= 0.3 is 0 Å². The number of benzene rings is 1. The Kier molecular flexibility index (Phi) is 7.29. The van der Waals surface area contributed by atoms with E-state index >= 15 is 0 Å². The summed E-state index contributed by atoms with van der Waals surface area (Å²) < 4.78 is 11.3. The first kappa shape index (κ1) is 26.1. The van der Waals surface area contributed by atoms with Crippen LogP contribution in [0.4, 0.5) is 0 Å². The quantitative estimate of drug-likeness (QED) is 0.245. The van der Waals surface area contributed by atoms with E-state index in [0.29, 0.717) is 25.1 Å². The van der Waals surface area contributed by atoms with Gasteiger partial charge in [-0.15, -0.1) is 0 Å². The fourth-order valence-corrected chi connectivity index (χ4v) is 6.05. The minimum atomic E-state index is -1.54. The van der Waals surface area contributed by atoms with Gasteiger partial charge in [-0.1, -0.05) is 6.08 Å². The number of fused-ring (bicyclic) bond motifs is 5. The molecule has 0 aliphatic carbocycles. The van der Waals surface area contributed by atoms with E-state index in [9.17, 15) is 35.4 Å². The van der Waals surface area contributed by atoms with E-state index in [1.165, 1.54) is 0 Å². The molecule has 1 aromatic carbocycles. The van der Waals surface area contributed by atoms with E-state index in [-0.39, 0.29) is 31.1 Å². The number of allylic oxidation sites excluding steroid dienone is 1. The molecule has 37 heavy (non-hydrogen) atoms. The van der Waals surface area contributed by atoms with Crippen LogP contribution < -0.4 is 4.74 Å². The monoisotopic (exact) mass is 518 g/mol. The Balaban J connectivity index is 1.45. The molecule has 11 nitrogen and oxygen atoms in total. The van der Waals surface area contributed by atoms with Crippen molar-refractivity contribution < 1.29 is 44.9 Å². The number of hydrogen-bond acceptors (Lipinski definition) is 9. The van der Waals surface area contributed by atoms with Crippen LogP contribution >= 0.6 is 0 Å². The molecule has 2 fully saturated rings. The number of hydrogen-bond donors (Lipinski definition) is 7. The molecule has 0 unspecified atom stereocenters. The summed E-state index contributed by atoms with van der Waals surface area (Å²) >= 11 is 0. The lowest BCUT2D eigenvalue weighted by molar-refractivity contribution is -0.277. The molecular formula is C26H34N2O9. The summed E-state index contributed by atoms with van der Waals surface area (Å²) in [5, 5.41) is 60.5. The van der Waals surface area contributed by atoms with Crippen LogP contribution in [-0.4, -0.2) is 104 Å². The third-order valence-corrected chi connectivity index (χ3v) is 8.11. The van der Waals surface area contributed by atoms with Crippen LogP contribution in [-0.2, 0) is 16.0 Å². The van der Waals surface area contributed by atoms with Crippen molar-refractivity contribution in [2.75, 3.05) is 26.4 Å². The zero-order valence-electron chi connectivity index (χ0n) is 20.5. The average molecular weight is 519 g/mol. The molecule has 2 aromatic rings. The molecule has 1 amide bonds. The van der Waals surface area contributed by atoms with E-state index in [2.05, 4.69) is 4.98 Å². The molecule has 1 aromatic heterocycles. The van der Waals surface area contributed by atoms with Gasteiger partial charge in [0.1, 0.15) is 30.2 Å². The van der Waals surface area contributed by atoms with Crippen LogP contribution in [0.1, 0.15) is 30.6 Å². The van der Waals surface area contributed by atoms with Gasteiger partial charge in [-0.3, -0.25) is 4.79 Å². The maximum atomic E-state index is 13.3. The molecule has 7 N–H and O–H groups in total. The summed E-state index contributed by atoms with van der Waals surface area (Å²) in [5.74, 6) is -0.599. The highest BCUT2D eigenvalue weighted by atomic mass is 16.7. The van der Waals surface area contributed by atoms with Crippen molar-refractivity contribution in [1.29, 1.82) is 0 Å². The third-order valence-electron chi connectivity index (χ3n) is 8.11. The highest BCUT2D eigenvalue weighted by molar-refractivity contribution is 5.88. The van der Waals surface area contributed by atoms with E-state index in [1.54, 1.807) is 12.1 Å². The van der Waals surface area contributed by atoms with Crippen molar-refractivity contribution in [1.82, 2.24) is 9.88 Å². The lowest BCUT2D eigenvalue weighted by atomic mass is 9.74. The van der Waals surface area contributed by atoms with Gasteiger partial charge in [0.05, 0.1) is 31.8 Å². The van der Waals surface area contributed by atoms with E-state index in [0.717, 1.165) is 27.7 Å². The molecule has 202 valence electrons. The first-order valence-electron chi connectivity index (χ1n) is 12.6. The lowest BCUT2D eigenvalue weighted by Crippen LogP contribution is -2.60. The molecule has 5 rings (SSSR count). The largest absolute Gasteiger partial charge is 0.462 e. The normalized spacial score (nSPS) is 34.4. The number of aliphatic hydroxyl groups excluding tert-OH is 6. The van der Waals surface area contributed by atoms with Crippen molar-refractivity contribution in [3.63, 3.8) is 0 Å². The fraction of sp³-hybridized carbons (Fsp3) is 0.577. The predicted octanol–water partition coefficient (Wildman–Crippen LogP) is -0.661. The second kappa shape index (κ2) is 10.3. The molecule has 3 aliphatic rings. The minimum absolute atomic E-state index is 0.118. The molecule has 3 aliphatic heterocycles. The first-order chi connectivity index (χ1) is 17.8. The van der Waals surface area contributed by atoms with Crippen LogP contribution in [0.25, 0.3) is 10.9 Å². The molecule has 0 radical (unpaired) electrons. The standard InChI is InChI=1S/C26H34N2O9/c1-2-12(9-29)15-8-19-21-14(5-6-28(19)25(35)17(15)10-30)16-7-13(3-4-18(16)27-21)36-26-24(34)23(33)22(32)20(11-31)37-26/h2-4,7,15,17,19-20,22-24,26-27,29-34H,5-6,8-11H2,1H3/b12-2-/t15-,17-,19-,20+,22+,23-,24+,26+/m0/s1. The number of amides is 1. The molecule has 4 heterocycles. The highest BCUT2D eigenvalue weighted by Crippen LogP contribution is 2.45. The summed E-state index contributed by atoms with van der Waals surface area (Å²) in [6.07, 6.45) is -3.89. The second-order valence-electron chi connectivity index (χ2n) is 9.99. The number of carbonyl (C=O) groups is 1. The van der Waals surface area contributed by atoms with Gasteiger partial charge < -0.3 is 50.0 Å². The summed E-state index contributed by atoms with van der Waals surface area (Å²) in [6.45, 7) is 1.32. The van der Waals surface area contributed by atoms with Crippen LogP contribution in [0, 0.1) is 11.8 Å². The van der Waals surface area contributed by atoms with Crippen molar-refractivity contribution in [3.8, 4) is 5.75 Å². The van der Waals surface area contributed by atoms with Crippen molar-refractivity contribution in [3.05, 3.63) is 41.1 Å². The number of nitrogens with zero attached hydrogens (tertiary/aromatic N) is 1. The number of aliphatic hydroxyl groups is 6. The van der Waals surface area contributed by atoms with Gasteiger partial charge in [-0.2, -0.15) is 0 Å². The number of aromatic amines is 1. The van der Waals surface area contributed by atoms with Crippen molar-refractivity contribution in [2.24, 2.45) is 11.8 Å². The number of aromatic nitrogens is 1. The van der Waals surface area contributed by atoms with Crippen LogP contribution in [0.3, 0.4) is 0 Å². The Hall–Kier alpha value is -2.51. The Labute approximate surface area is 213 Å². The molecule has 0 bridgehead atoms. The van der Waals surface area contributed by atoms with Gasteiger partial charge in [0.2, 0.25) is 12.2 Å². The smallest absolute Gasteiger partial charge is 0.229 e. The number of rotatable bonds is 6. The van der Waals surface area contributed by atoms with Gasteiger partial charge in [0.15, 0.2) is 0 Å². The summed E-state index contributed by atoms with van der Waals surface area (Å²) in [5.41, 5.74) is 3.53. The van der Waals surface area contributed by atoms with E-state index in [4.69, 9.17) is 9.47 Å². The Morgan fingerprint density at radius 1 is 1.16 bits per heavy atom. The van der Waals surface area contributed by atoms with Gasteiger partial charge in [0.25, 0.3) is 0 Å². The molecule has 0 spiro atoms. The summed E-state index contributed by atoms with van der Waals surface area (Å²) in [7, 11) is 0. The van der Waals surface area contributed by atoms with Crippen LogP contribution in [0.2, 0.25) is 0 Å². The van der Waals surface area contributed by atoms with Gasteiger partial charge in [-0.05, 0) is 55.0 Å². The van der Waals surface area contributed by atoms with Gasteiger partial charge in [-0.25, -0.2) is 0 Å². The molecule has 11 heteroatoms. The number of nitrogens with one attached hydrogen (secondary N) is 1. The number of H-pyrrole nitrogens is 1. The maximum Gasteiger partial charge on any atom is 0.229 e. The zero-order valence-corrected chi connectivity index (χ0v) is 20.5. The van der Waals surface area contributed by atoms with Crippen LogP contribution in [0.15, 0.2) is 29.8 Å². The number of carbonyl (C=O) groups excluding carboxylic acids is 1. The topological polar surface area (TPSA) is 176 Å². The zero-order chi connectivity index (χ0) is 26.4. The minimum Gasteiger partial charge on any atom is -0.462 e. The second-order valence-corrected chi connectivity index (χ2v) is 9.99. The molecular weight excluding hydrogens is 484 g/mol. The van der Waals surface area contributed by atoms with Crippen molar-refractivity contribution in [2.45, 2.75) is 56.5 Å². The SMILES string of the molecule is C/C=C(/CO)[C@@H]1C[C@H]2c3[nH]c4ccc(O[C@@H]5O[C@H](CO)[C@@H](O)[C@H](O)[C@H]5O)cc4c3CCN2C(=O)[C@H]1CO. The maximum absolute atomic E-state index is 13.3. The van der Waals surface area contributed by atoms with E-state index < -0.39 is 43.2 Å². The molecule has 0 saturated carbocycles. The molecule has 8 atom stereocenters. The Morgan fingerprint density at radius 3 is 2.62 bits per heavy atom. The van der Waals surface area contributed by atoms with E-state index in [1.807, 2.05) is 24.0 Å². The van der Waals surface area contributed by atoms with Gasteiger partial charge in [0, 0.05) is 23.1 Å². The number of piperidine rings is 1. The molecule has 2 saturated heterocycles.